The molecular formula is H6B2Mg3O9. The second-order valence-corrected chi connectivity index (χ2v) is 0.577. The molecule has 0 aliphatic heterocycles. The van der Waals surface area contributed by atoms with Crippen LogP contribution in [0.3, 0.4) is 0 Å². The van der Waals surface area contributed by atoms with Crippen molar-refractivity contribution in [1.82, 2.24) is 0 Å². The summed E-state index contributed by atoms with van der Waals surface area (Å²) in [5.41, 5.74) is 0. The van der Waals surface area contributed by atoms with E-state index in [2.05, 4.69) is 0 Å². The molecule has 0 aliphatic carbocycles. The van der Waals surface area contributed by atoms with Gasteiger partial charge in [-0.05, 0) is 0 Å². The van der Waals surface area contributed by atoms with Crippen molar-refractivity contribution in [2.45, 2.75) is 0 Å². The molecule has 0 aliphatic rings. The van der Waals surface area contributed by atoms with Gasteiger partial charge in [0.05, 0.1) is 0 Å². The predicted octanol–water partition coefficient (Wildman–Crippen LogP) is -11.5. The molecule has 9 nitrogen and oxygen atoms in total. The fraction of sp³-hybridized carbons (Fsp3) is 0. The first kappa shape index (κ1) is 56.0. The van der Waals surface area contributed by atoms with E-state index < -0.39 is 14.6 Å². The largest absolute Gasteiger partial charge is 2.00 e. The van der Waals surface area contributed by atoms with E-state index in [1.807, 2.05) is 0 Å². The summed E-state index contributed by atoms with van der Waals surface area (Å²) in [4.78, 5) is 0. The second-order valence-electron chi connectivity index (χ2n) is 0.577. The molecule has 0 aromatic rings. The third-order valence-corrected chi connectivity index (χ3v) is 0. The maximum atomic E-state index is 8.42. The molecule has 6 N–H and O–H groups in total. The zero-order valence-corrected chi connectivity index (χ0v) is 11.5. The maximum absolute atomic E-state index is 8.42. The molecule has 0 bridgehead atoms. The maximum Gasteiger partial charge on any atom is 2.00 e. The van der Waals surface area contributed by atoms with Gasteiger partial charge in [0.2, 0.25) is 0 Å². The van der Waals surface area contributed by atoms with Crippen LogP contribution >= 0.6 is 0 Å². The molecule has 0 fully saturated rings. The van der Waals surface area contributed by atoms with Crippen LogP contribution in [0, 0.1) is 0 Å². The molecular weight excluding hydrogens is 239 g/mol. The van der Waals surface area contributed by atoms with Gasteiger partial charge in [-0.1, -0.05) is 0 Å². The number of hydrogen-bond acceptors (Lipinski definition) is 6. The molecule has 0 atom stereocenters. The Morgan fingerprint density at radius 3 is 0.429 bits per heavy atom. The van der Waals surface area contributed by atoms with Gasteiger partial charge in [0, 0.05) is 0 Å². The molecule has 0 saturated heterocycles. The Morgan fingerprint density at radius 2 is 0.429 bits per heavy atom. The van der Waals surface area contributed by atoms with Gasteiger partial charge in [-0.3, -0.25) is 14.6 Å². The van der Waals surface area contributed by atoms with Crippen molar-refractivity contribution in [3.05, 3.63) is 0 Å². The Labute approximate surface area is 129 Å². The quantitative estimate of drug-likeness (QED) is 0.374. The molecule has 0 saturated carbocycles. The third-order valence-electron chi connectivity index (χ3n) is 0. The summed E-state index contributed by atoms with van der Waals surface area (Å²) < 4.78 is 0. The van der Waals surface area contributed by atoms with E-state index in [4.69, 9.17) is 30.1 Å². The summed E-state index contributed by atoms with van der Waals surface area (Å²) in [5, 5.41) is 50.5. The van der Waals surface area contributed by atoms with E-state index >= 15 is 0 Å². The zero-order valence-electron chi connectivity index (χ0n) is 7.23. The van der Waals surface area contributed by atoms with Gasteiger partial charge in [0.1, 0.15) is 0 Å². The van der Waals surface area contributed by atoms with Crippen LogP contribution in [0.15, 0.2) is 0 Å². The Hall–Kier alpha value is 2.07. The molecule has 0 unspecified atom stereocenters. The van der Waals surface area contributed by atoms with E-state index in [-0.39, 0.29) is 85.6 Å². The van der Waals surface area contributed by atoms with Crippen molar-refractivity contribution in [2.75, 3.05) is 0 Å². The molecule has 0 rings (SSSR count). The minimum atomic E-state index is -2.92. The minimum absolute atomic E-state index is 0. The Bertz CT molecular complexity index is 33.5. The Kier molecular flexibility index (Phi) is 183. The van der Waals surface area contributed by atoms with E-state index in [1.165, 1.54) is 0 Å². The SMILES string of the molecule is O.O.O.[Mg+2].[Mg+2].[Mg+2].[O-]B([O-])[O-].[O-]B([O-])[O-]. The minimum Gasteiger partial charge on any atom is -0.907 e. The van der Waals surface area contributed by atoms with Crippen LogP contribution in [0.5, 0.6) is 0 Å². The first-order valence-electron chi connectivity index (χ1n) is 1.41. The van der Waals surface area contributed by atoms with Gasteiger partial charge >= 0.3 is 69.2 Å². The van der Waals surface area contributed by atoms with Gasteiger partial charge in [-0.25, -0.2) is 0 Å². The van der Waals surface area contributed by atoms with Gasteiger partial charge in [0.15, 0.2) is 0 Å². The van der Waals surface area contributed by atoms with Crippen LogP contribution in [-0.4, -0.2) is 100 Å². The topological polar surface area (TPSA) is 233 Å². The van der Waals surface area contributed by atoms with Crippen LogP contribution in [0.25, 0.3) is 0 Å². The second kappa shape index (κ2) is 45.8. The van der Waals surface area contributed by atoms with Crippen LogP contribution < -0.4 is 30.1 Å². The predicted molar refractivity (Wildman–Crippen MR) is 39.6 cm³/mol. The standard InChI is InChI=1S/2BO3.3Mg.3H2O/c2*2-1(3)4;;;;;;/h;;;;;3*1H2/q2*-3;3*+2;;;. The first-order valence-corrected chi connectivity index (χ1v) is 1.41. The van der Waals surface area contributed by atoms with Crippen LogP contribution in [-0.2, 0) is 0 Å². The van der Waals surface area contributed by atoms with Gasteiger partial charge < -0.3 is 46.6 Å². The molecule has 0 spiro atoms. The van der Waals surface area contributed by atoms with Crippen molar-refractivity contribution in [3.8, 4) is 0 Å². The molecule has 0 aromatic carbocycles. The fourth-order valence-electron chi connectivity index (χ4n) is 0. The van der Waals surface area contributed by atoms with Crippen molar-refractivity contribution in [1.29, 1.82) is 0 Å². The van der Waals surface area contributed by atoms with E-state index in [0.717, 1.165) is 0 Å². The summed E-state index contributed by atoms with van der Waals surface area (Å²) in [5.74, 6) is 0. The zero-order chi connectivity index (χ0) is 7.15. The van der Waals surface area contributed by atoms with Gasteiger partial charge in [-0.15, -0.1) is 0 Å². The number of rotatable bonds is 0. The van der Waals surface area contributed by atoms with Gasteiger partial charge in [0.25, 0.3) is 0 Å². The molecule has 14 heavy (non-hydrogen) atoms. The van der Waals surface area contributed by atoms with Crippen molar-refractivity contribution < 1.29 is 46.6 Å². The number of hydrogen-bond donors (Lipinski definition) is 0. The van der Waals surface area contributed by atoms with Crippen molar-refractivity contribution in [3.63, 3.8) is 0 Å². The summed E-state index contributed by atoms with van der Waals surface area (Å²) in [7, 11) is -5.83. The average molecular weight is 245 g/mol. The average Bonchev–Trinajstić information content (AvgIpc) is 1.25. The van der Waals surface area contributed by atoms with E-state index in [1.54, 1.807) is 0 Å². The summed E-state index contributed by atoms with van der Waals surface area (Å²) in [6.07, 6.45) is 0. The van der Waals surface area contributed by atoms with Crippen molar-refractivity contribution in [2.24, 2.45) is 0 Å². The Balaban J connectivity index is -0.00000000600. The van der Waals surface area contributed by atoms with Crippen molar-refractivity contribution >= 4 is 83.8 Å². The first-order chi connectivity index (χ1) is 3.46. The third kappa shape index (κ3) is 562. The summed E-state index contributed by atoms with van der Waals surface area (Å²) in [6, 6.07) is 0. The van der Waals surface area contributed by atoms with Crippen LogP contribution in [0.4, 0.5) is 0 Å². The normalized spacial score (nSPS) is 3.86. The molecule has 72 valence electrons. The summed E-state index contributed by atoms with van der Waals surface area (Å²) in [6.45, 7) is 0. The van der Waals surface area contributed by atoms with Crippen LogP contribution in [0.2, 0.25) is 0 Å². The van der Waals surface area contributed by atoms with Crippen LogP contribution in [0.1, 0.15) is 0 Å². The summed E-state index contributed by atoms with van der Waals surface area (Å²) >= 11 is 0. The van der Waals surface area contributed by atoms with E-state index in [9.17, 15) is 0 Å². The molecule has 0 heterocycles. The monoisotopic (exact) mass is 244 g/mol. The molecule has 0 amide bonds. The van der Waals surface area contributed by atoms with Gasteiger partial charge in [-0.2, -0.15) is 0 Å². The fourth-order valence-corrected chi connectivity index (χ4v) is 0. The smallest absolute Gasteiger partial charge is 0.907 e. The Morgan fingerprint density at radius 1 is 0.429 bits per heavy atom. The van der Waals surface area contributed by atoms with E-state index in [0.29, 0.717) is 0 Å². The molecule has 0 radical (unpaired) electrons. The molecule has 0 aromatic heterocycles. The molecule has 14 heteroatoms.